The van der Waals surface area contributed by atoms with Crippen molar-refractivity contribution in [3.63, 3.8) is 0 Å². The number of hydrogen-bond donors (Lipinski definition) is 1. The van der Waals surface area contributed by atoms with Crippen LogP contribution in [0.4, 0.5) is 4.39 Å². The summed E-state index contributed by atoms with van der Waals surface area (Å²) in [6.45, 7) is 5.23. The van der Waals surface area contributed by atoms with Crippen molar-refractivity contribution in [3.8, 4) is 0 Å². The average Bonchev–Trinajstić information content (AvgIpc) is 2.38. The fraction of sp³-hybridized carbons (Fsp3) is 0.643. The maximum Gasteiger partial charge on any atom is 0.141 e. The number of pyridine rings is 1. The Morgan fingerprint density at radius 2 is 2.11 bits per heavy atom. The monoisotopic (exact) mass is 285 g/mol. The summed E-state index contributed by atoms with van der Waals surface area (Å²) in [5, 5.41) is 0. The largest absolute Gasteiger partial charge is 0.322 e. The summed E-state index contributed by atoms with van der Waals surface area (Å²) < 4.78 is 12.8. The Kier molecular flexibility index (Phi) is 6.75. The summed E-state index contributed by atoms with van der Waals surface area (Å²) in [4.78, 5) is 6.38. The number of hydrogen-bond acceptors (Lipinski definition) is 4. The molecule has 3 unspecified atom stereocenters. The molecule has 3 nitrogen and oxygen atoms in total. The zero-order valence-corrected chi connectivity index (χ0v) is 13.0. The van der Waals surface area contributed by atoms with E-state index >= 15 is 0 Å². The van der Waals surface area contributed by atoms with Crippen LogP contribution >= 0.6 is 11.8 Å². The van der Waals surface area contributed by atoms with Gasteiger partial charge in [0.05, 0.1) is 17.9 Å². The molecule has 1 aromatic heterocycles. The van der Waals surface area contributed by atoms with Gasteiger partial charge in [0, 0.05) is 18.3 Å². The molecule has 2 N–H and O–H groups in total. The average molecular weight is 285 g/mol. The van der Waals surface area contributed by atoms with Crippen molar-refractivity contribution in [1.29, 1.82) is 0 Å². The second kappa shape index (κ2) is 7.82. The van der Waals surface area contributed by atoms with Crippen molar-refractivity contribution in [1.82, 2.24) is 9.88 Å². The third-order valence-corrected chi connectivity index (χ3v) is 4.26. The van der Waals surface area contributed by atoms with Crippen LogP contribution in [0.3, 0.4) is 0 Å². The van der Waals surface area contributed by atoms with Crippen LogP contribution in [0.5, 0.6) is 0 Å². The summed E-state index contributed by atoms with van der Waals surface area (Å²) in [6, 6.07) is 3.44. The van der Waals surface area contributed by atoms with Crippen LogP contribution in [0.1, 0.15) is 25.6 Å². The Labute approximate surface area is 119 Å². The summed E-state index contributed by atoms with van der Waals surface area (Å²) in [6.07, 6.45) is 3.34. The molecule has 0 saturated heterocycles. The Morgan fingerprint density at radius 3 is 2.63 bits per heavy atom. The highest BCUT2D eigenvalue weighted by atomic mass is 32.2. The van der Waals surface area contributed by atoms with E-state index in [1.54, 1.807) is 6.07 Å². The standard InChI is InChI=1S/C14H24FN3S/c1-10(8-18(3)11(2)9-19-4)14(16)13-6-5-12(15)7-17-13/h5-7,10-11,14H,8-9,16H2,1-4H3. The quantitative estimate of drug-likeness (QED) is 0.836. The maximum atomic E-state index is 12.8. The van der Waals surface area contributed by atoms with Gasteiger partial charge in [0.1, 0.15) is 5.82 Å². The highest BCUT2D eigenvalue weighted by molar-refractivity contribution is 7.98. The summed E-state index contributed by atoms with van der Waals surface area (Å²) in [7, 11) is 2.11. The highest BCUT2D eigenvalue weighted by Crippen LogP contribution is 2.19. The number of thioether (sulfide) groups is 1. The fourth-order valence-corrected chi connectivity index (χ4v) is 2.73. The molecular weight excluding hydrogens is 261 g/mol. The lowest BCUT2D eigenvalue weighted by atomic mass is 9.98. The molecule has 0 aromatic carbocycles. The van der Waals surface area contributed by atoms with E-state index in [2.05, 4.69) is 37.0 Å². The molecule has 0 fully saturated rings. The van der Waals surface area contributed by atoms with E-state index in [1.165, 1.54) is 12.3 Å². The molecule has 0 aliphatic heterocycles. The van der Waals surface area contributed by atoms with Crippen LogP contribution in [0.15, 0.2) is 18.3 Å². The lowest BCUT2D eigenvalue weighted by molar-refractivity contribution is 0.224. The normalized spacial score (nSPS) is 16.4. The van der Waals surface area contributed by atoms with Gasteiger partial charge in [-0.3, -0.25) is 4.98 Å². The van der Waals surface area contributed by atoms with Gasteiger partial charge in [-0.25, -0.2) is 4.39 Å². The molecule has 1 aromatic rings. The Balaban J connectivity index is 2.57. The first kappa shape index (κ1) is 16.4. The first-order valence-electron chi connectivity index (χ1n) is 6.52. The first-order chi connectivity index (χ1) is 8.95. The minimum atomic E-state index is -0.325. The molecule has 0 spiro atoms. The second-order valence-corrected chi connectivity index (χ2v) is 6.06. The van der Waals surface area contributed by atoms with Gasteiger partial charge in [-0.1, -0.05) is 6.92 Å². The van der Waals surface area contributed by atoms with E-state index < -0.39 is 0 Å². The lowest BCUT2D eigenvalue weighted by Crippen LogP contribution is -2.37. The molecule has 3 atom stereocenters. The molecule has 0 aliphatic rings. The molecule has 0 bridgehead atoms. The minimum absolute atomic E-state index is 0.162. The smallest absolute Gasteiger partial charge is 0.141 e. The number of rotatable bonds is 7. The van der Waals surface area contributed by atoms with Gasteiger partial charge in [-0.15, -0.1) is 0 Å². The van der Waals surface area contributed by atoms with Gasteiger partial charge in [-0.05, 0) is 38.3 Å². The van der Waals surface area contributed by atoms with Crippen molar-refractivity contribution in [2.45, 2.75) is 25.9 Å². The topological polar surface area (TPSA) is 42.1 Å². The van der Waals surface area contributed by atoms with Crippen LogP contribution in [0.2, 0.25) is 0 Å². The molecule has 5 heteroatoms. The zero-order chi connectivity index (χ0) is 14.4. The van der Waals surface area contributed by atoms with Crippen LogP contribution in [-0.4, -0.2) is 41.5 Å². The van der Waals surface area contributed by atoms with Crippen LogP contribution in [0.25, 0.3) is 0 Å². The van der Waals surface area contributed by atoms with E-state index in [0.717, 1.165) is 18.0 Å². The molecule has 1 heterocycles. The van der Waals surface area contributed by atoms with Gasteiger partial charge < -0.3 is 10.6 Å². The van der Waals surface area contributed by atoms with Gasteiger partial charge >= 0.3 is 0 Å². The van der Waals surface area contributed by atoms with Crippen molar-refractivity contribution in [2.75, 3.05) is 25.6 Å². The third kappa shape index (κ3) is 5.09. The minimum Gasteiger partial charge on any atom is -0.322 e. The third-order valence-electron chi connectivity index (χ3n) is 3.44. The molecule has 1 rings (SSSR count). The fourth-order valence-electron chi connectivity index (χ4n) is 1.99. The zero-order valence-electron chi connectivity index (χ0n) is 12.1. The van der Waals surface area contributed by atoms with Crippen molar-refractivity contribution < 1.29 is 4.39 Å². The Morgan fingerprint density at radius 1 is 1.42 bits per heavy atom. The van der Waals surface area contributed by atoms with Crippen LogP contribution in [-0.2, 0) is 0 Å². The molecule has 108 valence electrons. The highest BCUT2D eigenvalue weighted by Gasteiger charge is 2.19. The Bertz CT molecular complexity index is 371. The lowest BCUT2D eigenvalue weighted by Gasteiger charge is -2.29. The molecule has 0 aliphatic carbocycles. The predicted molar refractivity (Wildman–Crippen MR) is 80.8 cm³/mol. The molecule has 0 saturated carbocycles. The van der Waals surface area contributed by atoms with Crippen molar-refractivity contribution in [3.05, 3.63) is 29.8 Å². The van der Waals surface area contributed by atoms with E-state index in [1.807, 2.05) is 11.8 Å². The van der Waals surface area contributed by atoms with Gasteiger partial charge in [0.15, 0.2) is 0 Å². The first-order valence-corrected chi connectivity index (χ1v) is 7.91. The maximum absolute atomic E-state index is 12.8. The summed E-state index contributed by atoms with van der Waals surface area (Å²) in [5.74, 6) is 1.05. The van der Waals surface area contributed by atoms with E-state index in [4.69, 9.17) is 5.73 Å². The summed E-state index contributed by atoms with van der Waals surface area (Å²) in [5.41, 5.74) is 6.94. The number of nitrogens with zero attached hydrogens (tertiary/aromatic N) is 2. The van der Waals surface area contributed by atoms with Crippen molar-refractivity contribution in [2.24, 2.45) is 11.7 Å². The SMILES string of the molecule is CSCC(C)N(C)CC(C)C(N)c1ccc(F)cn1. The molecule has 0 radical (unpaired) electrons. The predicted octanol–water partition coefficient (Wildman–Crippen LogP) is 2.54. The summed E-state index contributed by atoms with van der Waals surface area (Å²) >= 11 is 1.84. The van der Waals surface area contributed by atoms with Gasteiger partial charge in [0.2, 0.25) is 0 Å². The Hall–Kier alpha value is -0.650. The number of aromatic nitrogens is 1. The van der Waals surface area contributed by atoms with E-state index in [9.17, 15) is 4.39 Å². The molecule has 0 amide bonds. The van der Waals surface area contributed by atoms with Gasteiger partial charge in [-0.2, -0.15) is 11.8 Å². The second-order valence-electron chi connectivity index (χ2n) is 5.15. The van der Waals surface area contributed by atoms with Crippen LogP contribution < -0.4 is 5.73 Å². The van der Waals surface area contributed by atoms with E-state index in [-0.39, 0.29) is 17.8 Å². The number of nitrogens with two attached hydrogens (primary N) is 1. The van der Waals surface area contributed by atoms with Crippen molar-refractivity contribution >= 4 is 11.8 Å². The van der Waals surface area contributed by atoms with Crippen LogP contribution in [0, 0.1) is 11.7 Å². The van der Waals surface area contributed by atoms with Gasteiger partial charge in [0.25, 0.3) is 0 Å². The molecule has 19 heavy (non-hydrogen) atoms. The van der Waals surface area contributed by atoms with E-state index in [0.29, 0.717) is 6.04 Å². The molecular formula is C14H24FN3S. The number of halogens is 1.